The number of rotatable bonds is 4. The number of carbonyl (C=O) groups is 1. The number of carbonyl (C=O) groups excluding carboxylic acids is 1. The first-order valence-corrected chi connectivity index (χ1v) is 7.40. The zero-order chi connectivity index (χ0) is 16.2. The maximum atomic E-state index is 12.5. The second-order valence-corrected chi connectivity index (χ2v) is 5.37. The Morgan fingerprint density at radius 2 is 2.09 bits per heavy atom. The quantitative estimate of drug-likeness (QED) is 0.840. The van der Waals surface area contributed by atoms with E-state index in [0.717, 1.165) is 12.8 Å². The van der Waals surface area contributed by atoms with E-state index in [9.17, 15) is 4.79 Å². The molecule has 0 saturated carbocycles. The number of aryl methyl sites for hydroxylation is 1. The van der Waals surface area contributed by atoms with E-state index < -0.39 is 11.9 Å². The topological polar surface area (TPSA) is 129 Å². The Hall–Kier alpha value is -2.55. The average molecular weight is 318 g/mol. The molecular formula is C14H18N6O3. The molecule has 0 radical (unpaired) electrons. The Balaban J connectivity index is 1.83. The first kappa shape index (κ1) is 15.3. The smallest absolute Gasteiger partial charge is 0.274 e. The molecule has 1 atom stereocenters. The molecule has 1 amide bonds. The molecule has 1 aliphatic heterocycles. The maximum Gasteiger partial charge on any atom is 0.274 e. The average Bonchev–Trinajstić information content (AvgIpc) is 3.00. The molecule has 1 aliphatic rings. The molecule has 9 heteroatoms. The van der Waals surface area contributed by atoms with E-state index in [0.29, 0.717) is 24.9 Å². The number of hydrogen-bond donors (Lipinski definition) is 2. The molecule has 122 valence electrons. The van der Waals surface area contributed by atoms with Crippen LogP contribution in [0.3, 0.4) is 0 Å². The standard InChI is InChI=1S/C14H18N6O3/c1-8-18-14(23-20-8)10(9-2-6-22-7-3-9)19-13(21)11-12(15)17-5-4-16-11/h4-5,9-10H,2-3,6-7H2,1H3,(H2,15,17)(H,19,21). The molecule has 23 heavy (non-hydrogen) atoms. The van der Waals surface area contributed by atoms with Crippen LogP contribution in [-0.2, 0) is 4.74 Å². The largest absolute Gasteiger partial charge is 0.382 e. The Morgan fingerprint density at radius 3 is 2.74 bits per heavy atom. The first-order chi connectivity index (χ1) is 11.1. The summed E-state index contributed by atoms with van der Waals surface area (Å²) < 4.78 is 10.6. The van der Waals surface area contributed by atoms with Gasteiger partial charge in [-0.05, 0) is 25.7 Å². The third-order valence-electron chi connectivity index (χ3n) is 3.77. The van der Waals surface area contributed by atoms with E-state index in [-0.39, 0.29) is 17.4 Å². The zero-order valence-electron chi connectivity index (χ0n) is 12.7. The molecule has 3 heterocycles. The van der Waals surface area contributed by atoms with Crippen molar-refractivity contribution in [3.8, 4) is 0 Å². The fourth-order valence-electron chi connectivity index (χ4n) is 2.60. The van der Waals surface area contributed by atoms with Crippen molar-refractivity contribution in [1.29, 1.82) is 0 Å². The van der Waals surface area contributed by atoms with Crippen LogP contribution >= 0.6 is 0 Å². The fraction of sp³-hybridized carbons (Fsp3) is 0.500. The molecule has 0 spiro atoms. The van der Waals surface area contributed by atoms with Gasteiger partial charge in [-0.3, -0.25) is 4.79 Å². The Bertz CT molecular complexity index is 683. The summed E-state index contributed by atoms with van der Waals surface area (Å²) in [6.07, 6.45) is 4.44. The molecule has 2 aromatic rings. The minimum absolute atomic E-state index is 0.0810. The van der Waals surface area contributed by atoms with E-state index in [4.69, 9.17) is 15.0 Å². The molecule has 3 N–H and O–H groups in total. The summed E-state index contributed by atoms with van der Waals surface area (Å²) in [5, 5.41) is 6.71. The number of nitrogens with one attached hydrogen (secondary N) is 1. The molecule has 1 fully saturated rings. The van der Waals surface area contributed by atoms with Crippen LogP contribution in [0.4, 0.5) is 5.82 Å². The van der Waals surface area contributed by atoms with Crippen molar-refractivity contribution < 1.29 is 14.1 Å². The van der Waals surface area contributed by atoms with E-state index >= 15 is 0 Å². The van der Waals surface area contributed by atoms with Crippen molar-refractivity contribution in [1.82, 2.24) is 25.4 Å². The summed E-state index contributed by atoms with van der Waals surface area (Å²) in [4.78, 5) is 24.6. The molecule has 0 bridgehead atoms. The number of ether oxygens (including phenoxy) is 1. The van der Waals surface area contributed by atoms with Gasteiger partial charge in [-0.25, -0.2) is 9.97 Å². The van der Waals surface area contributed by atoms with Crippen LogP contribution in [0.1, 0.15) is 41.1 Å². The maximum absolute atomic E-state index is 12.5. The van der Waals surface area contributed by atoms with E-state index in [2.05, 4.69) is 25.4 Å². The van der Waals surface area contributed by atoms with Gasteiger partial charge in [0.2, 0.25) is 5.89 Å². The van der Waals surface area contributed by atoms with E-state index in [1.54, 1.807) is 6.92 Å². The van der Waals surface area contributed by atoms with Gasteiger partial charge in [0.25, 0.3) is 5.91 Å². The van der Waals surface area contributed by atoms with Crippen molar-refractivity contribution in [2.24, 2.45) is 5.92 Å². The summed E-state index contributed by atoms with van der Waals surface area (Å²) in [6.45, 7) is 3.01. The van der Waals surface area contributed by atoms with Gasteiger partial charge in [0.05, 0.1) is 0 Å². The lowest BCUT2D eigenvalue weighted by Crippen LogP contribution is -2.37. The highest BCUT2D eigenvalue weighted by molar-refractivity contribution is 5.96. The van der Waals surface area contributed by atoms with E-state index in [1.807, 2.05) is 0 Å². The van der Waals surface area contributed by atoms with Gasteiger partial charge in [-0.15, -0.1) is 0 Å². The van der Waals surface area contributed by atoms with Crippen LogP contribution in [0.2, 0.25) is 0 Å². The van der Waals surface area contributed by atoms with Crippen LogP contribution in [0.5, 0.6) is 0 Å². The highest BCUT2D eigenvalue weighted by Gasteiger charge is 2.32. The predicted molar refractivity (Wildman–Crippen MR) is 79.2 cm³/mol. The minimum atomic E-state index is -0.414. The third-order valence-corrected chi connectivity index (χ3v) is 3.77. The van der Waals surface area contributed by atoms with Crippen molar-refractivity contribution >= 4 is 11.7 Å². The molecular weight excluding hydrogens is 300 g/mol. The molecule has 1 unspecified atom stereocenters. The van der Waals surface area contributed by atoms with Gasteiger partial charge in [0.15, 0.2) is 17.3 Å². The van der Waals surface area contributed by atoms with Crippen LogP contribution in [0.15, 0.2) is 16.9 Å². The number of amides is 1. The highest BCUT2D eigenvalue weighted by atomic mass is 16.5. The number of nitrogens with two attached hydrogens (primary N) is 1. The Morgan fingerprint density at radius 1 is 1.35 bits per heavy atom. The molecule has 1 saturated heterocycles. The van der Waals surface area contributed by atoms with Crippen LogP contribution in [0.25, 0.3) is 0 Å². The van der Waals surface area contributed by atoms with Gasteiger partial charge in [-0.1, -0.05) is 5.16 Å². The van der Waals surface area contributed by atoms with Gasteiger partial charge in [-0.2, -0.15) is 4.98 Å². The monoisotopic (exact) mass is 318 g/mol. The fourth-order valence-corrected chi connectivity index (χ4v) is 2.60. The third kappa shape index (κ3) is 3.45. The Kier molecular flexibility index (Phi) is 4.47. The zero-order valence-corrected chi connectivity index (χ0v) is 12.7. The lowest BCUT2D eigenvalue weighted by Gasteiger charge is -2.28. The molecule has 2 aromatic heterocycles. The van der Waals surface area contributed by atoms with Crippen molar-refractivity contribution in [3.05, 3.63) is 29.8 Å². The normalized spacial score (nSPS) is 16.9. The van der Waals surface area contributed by atoms with Crippen LogP contribution < -0.4 is 11.1 Å². The van der Waals surface area contributed by atoms with Crippen molar-refractivity contribution in [3.63, 3.8) is 0 Å². The summed E-state index contributed by atoms with van der Waals surface area (Å²) >= 11 is 0. The predicted octanol–water partition coefficient (Wildman–Crippen LogP) is 0.648. The molecule has 0 aromatic carbocycles. The molecule has 3 rings (SSSR count). The lowest BCUT2D eigenvalue weighted by molar-refractivity contribution is 0.0467. The second kappa shape index (κ2) is 6.69. The lowest BCUT2D eigenvalue weighted by atomic mass is 9.91. The van der Waals surface area contributed by atoms with Gasteiger partial charge in [0.1, 0.15) is 6.04 Å². The summed E-state index contributed by atoms with van der Waals surface area (Å²) in [5.41, 5.74) is 5.80. The SMILES string of the molecule is Cc1noc(C(NC(=O)c2nccnc2N)C2CCOCC2)n1. The number of hydrogen-bond acceptors (Lipinski definition) is 8. The summed E-state index contributed by atoms with van der Waals surface area (Å²) in [6, 6.07) is -0.408. The molecule has 9 nitrogen and oxygen atoms in total. The van der Waals surface area contributed by atoms with Gasteiger partial charge in [0, 0.05) is 25.6 Å². The second-order valence-electron chi connectivity index (χ2n) is 5.37. The summed E-state index contributed by atoms with van der Waals surface area (Å²) in [7, 11) is 0. The highest BCUT2D eigenvalue weighted by Crippen LogP contribution is 2.29. The number of nitrogen functional groups attached to an aromatic ring is 1. The minimum Gasteiger partial charge on any atom is -0.382 e. The van der Waals surface area contributed by atoms with Crippen molar-refractivity contribution in [2.75, 3.05) is 18.9 Å². The van der Waals surface area contributed by atoms with Crippen LogP contribution in [-0.4, -0.2) is 39.2 Å². The van der Waals surface area contributed by atoms with Gasteiger partial charge >= 0.3 is 0 Å². The number of anilines is 1. The number of aromatic nitrogens is 4. The first-order valence-electron chi connectivity index (χ1n) is 7.40. The van der Waals surface area contributed by atoms with Crippen molar-refractivity contribution in [2.45, 2.75) is 25.8 Å². The number of nitrogens with zero attached hydrogens (tertiary/aromatic N) is 4. The molecule has 0 aliphatic carbocycles. The van der Waals surface area contributed by atoms with E-state index in [1.165, 1.54) is 12.4 Å². The Labute approximate surface area is 132 Å². The summed E-state index contributed by atoms with van der Waals surface area (Å²) in [5.74, 6) is 0.710. The van der Waals surface area contributed by atoms with Crippen LogP contribution in [0, 0.1) is 12.8 Å². The van der Waals surface area contributed by atoms with Gasteiger partial charge < -0.3 is 20.3 Å².